The number of likely N-dealkylation sites (tertiary alicyclic amines) is 1. The molecule has 0 aliphatic carbocycles. The molecule has 1 amide bonds. The van der Waals surface area contributed by atoms with E-state index in [0.29, 0.717) is 23.7 Å². The van der Waals surface area contributed by atoms with Crippen LogP contribution in [-0.2, 0) is 14.3 Å². The van der Waals surface area contributed by atoms with Crippen molar-refractivity contribution < 1.29 is 28.9 Å². The van der Waals surface area contributed by atoms with Crippen LogP contribution >= 0.6 is 0 Å². The van der Waals surface area contributed by atoms with E-state index < -0.39 is 17.7 Å². The summed E-state index contributed by atoms with van der Waals surface area (Å²) < 4.78 is 16.4. The van der Waals surface area contributed by atoms with E-state index >= 15 is 0 Å². The molecule has 8 heteroatoms. The summed E-state index contributed by atoms with van der Waals surface area (Å²) in [4.78, 5) is 31.3. The standard InChI is InChI=1S/C26H26N2O6/c1-32-20-10-9-15(12-21(20)33-2)24(29)22-23(18-13-27-19-8-4-3-7-17(18)19)28(26(31)25(22)30)14-16-6-5-11-34-16/h3-4,7-10,12-13,16,23,27,29H,5-6,11,14H2,1-2H3/b24-22+. The van der Waals surface area contributed by atoms with Crippen molar-refractivity contribution in [3.63, 3.8) is 0 Å². The highest BCUT2D eigenvalue weighted by Crippen LogP contribution is 2.43. The number of ether oxygens (including phenoxy) is 3. The number of carbonyl (C=O) groups excluding carboxylic acids is 2. The van der Waals surface area contributed by atoms with Gasteiger partial charge in [-0.25, -0.2) is 0 Å². The highest BCUT2D eigenvalue weighted by atomic mass is 16.5. The zero-order valence-electron chi connectivity index (χ0n) is 19.0. The molecular weight excluding hydrogens is 436 g/mol. The summed E-state index contributed by atoms with van der Waals surface area (Å²) in [5.41, 5.74) is 2.03. The number of methoxy groups -OCH3 is 2. The number of nitrogens with zero attached hydrogens (tertiary/aromatic N) is 1. The number of aromatic nitrogens is 1. The van der Waals surface area contributed by atoms with Gasteiger partial charge in [-0.3, -0.25) is 9.59 Å². The average Bonchev–Trinajstić information content (AvgIpc) is 3.59. The van der Waals surface area contributed by atoms with Gasteiger partial charge in [-0.1, -0.05) is 18.2 Å². The quantitative estimate of drug-likeness (QED) is 0.328. The van der Waals surface area contributed by atoms with Crippen LogP contribution in [0.15, 0.2) is 54.2 Å². The van der Waals surface area contributed by atoms with Crippen LogP contribution in [0.4, 0.5) is 0 Å². The molecule has 0 spiro atoms. The number of H-pyrrole nitrogens is 1. The van der Waals surface area contributed by atoms with Gasteiger partial charge in [0, 0.05) is 41.4 Å². The first-order chi connectivity index (χ1) is 16.5. The van der Waals surface area contributed by atoms with Crippen LogP contribution in [0.3, 0.4) is 0 Å². The van der Waals surface area contributed by atoms with Crippen molar-refractivity contribution in [2.75, 3.05) is 27.4 Å². The number of aliphatic hydroxyl groups is 1. The van der Waals surface area contributed by atoms with E-state index in [1.54, 1.807) is 24.4 Å². The van der Waals surface area contributed by atoms with Crippen molar-refractivity contribution in [1.29, 1.82) is 0 Å². The molecule has 2 aliphatic heterocycles. The second kappa shape index (κ2) is 8.87. The predicted octanol–water partition coefficient (Wildman–Crippen LogP) is 3.79. The summed E-state index contributed by atoms with van der Waals surface area (Å²) >= 11 is 0. The monoisotopic (exact) mass is 462 g/mol. The van der Waals surface area contributed by atoms with Gasteiger partial charge >= 0.3 is 0 Å². The van der Waals surface area contributed by atoms with Crippen LogP contribution in [0.1, 0.15) is 30.0 Å². The van der Waals surface area contributed by atoms with Gasteiger partial charge in [-0.2, -0.15) is 0 Å². The zero-order chi connectivity index (χ0) is 23.8. The lowest BCUT2D eigenvalue weighted by molar-refractivity contribution is -0.140. The van der Waals surface area contributed by atoms with Crippen molar-refractivity contribution in [1.82, 2.24) is 9.88 Å². The smallest absolute Gasteiger partial charge is 0.295 e. The number of para-hydroxylation sites is 1. The maximum absolute atomic E-state index is 13.3. The Balaban J connectivity index is 1.67. The molecule has 1 aromatic heterocycles. The molecule has 2 saturated heterocycles. The second-order valence-electron chi connectivity index (χ2n) is 8.45. The number of fused-ring (bicyclic) bond motifs is 1. The highest BCUT2D eigenvalue weighted by molar-refractivity contribution is 6.46. The molecule has 2 N–H and O–H groups in total. The molecule has 34 heavy (non-hydrogen) atoms. The van der Waals surface area contributed by atoms with Crippen molar-refractivity contribution in [2.45, 2.75) is 25.0 Å². The van der Waals surface area contributed by atoms with Gasteiger partial charge in [0.05, 0.1) is 31.9 Å². The number of amides is 1. The molecule has 2 unspecified atom stereocenters. The lowest BCUT2D eigenvalue weighted by Crippen LogP contribution is -2.36. The van der Waals surface area contributed by atoms with E-state index in [9.17, 15) is 14.7 Å². The number of carbonyl (C=O) groups is 2. The number of rotatable bonds is 6. The van der Waals surface area contributed by atoms with Crippen molar-refractivity contribution >= 4 is 28.4 Å². The fourth-order valence-electron chi connectivity index (χ4n) is 4.86. The molecule has 3 aromatic rings. The third-order valence-electron chi connectivity index (χ3n) is 6.54. The van der Waals surface area contributed by atoms with E-state index in [4.69, 9.17) is 14.2 Å². The largest absolute Gasteiger partial charge is 0.507 e. The first kappa shape index (κ1) is 22.0. The molecule has 5 rings (SSSR count). The Morgan fingerprint density at radius 3 is 2.68 bits per heavy atom. The normalized spacial score (nSPS) is 22.0. The fourth-order valence-corrected chi connectivity index (χ4v) is 4.86. The number of hydrogen-bond donors (Lipinski definition) is 2. The highest BCUT2D eigenvalue weighted by Gasteiger charge is 2.47. The zero-order valence-corrected chi connectivity index (χ0v) is 19.0. The number of benzene rings is 2. The van der Waals surface area contributed by atoms with Crippen LogP contribution in [-0.4, -0.2) is 60.2 Å². The number of hydrogen-bond acceptors (Lipinski definition) is 6. The van der Waals surface area contributed by atoms with Gasteiger partial charge in [0.2, 0.25) is 0 Å². The Hall–Kier alpha value is -3.78. The van der Waals surface area contributed by atoms with Gasteiger partial charge in [-0.15, -0.1) is 0 Å². The maximum Gasteiger partial charge on any atom is 0.295 e. The first-order valence-electron chi connectivity index (χ1n) is 11.2. The molecule has 2 aromatic carbocycles. The fraction of sp³-hybridized carbons (Fsp3) is 0.308. The van der Waals surface area contributed by atoms with E-state index in [-0.39, 0.29) is 24.0 Å². The number of aliphatic hydroxyl groups excluding tert-OH is 1. The summed E-state index contributed by atoms with van der Waals surface area (Å²) in [6, 6.07) is 11.8. The van der Waals surface area contributed by atoms with E-state index in [0.717, 1.165) is 29.3 Å². The van der Waals surface area contributed by atoms with Crippen LogP contribution in [0.5, 0.6) is 11.5 Å². The van der Waals surface area contributed by atoms with Gasteiger partial charge in [0.15, 0.2) is 11.5 Å². The van der Waals surface area contributed by atoms with Crippen molar-refractivity contribution in [3.05, 3.63) is 65.4 Å². The van der Waals surface area contributed by atoms with Crippen LogP contribution in [0, 0.1) is 0 Å². The Kier molecular flexibility index (Phi) is 5.75. The molecule has 3 heterocycles. The lowest BCUT2D eigenvalue weighted by Gasteiger charge is -2.27. The van der Waals surface area contributed by atoms with Gasteiger partial charge in [-0.05, 0) is 37.1 Å². The third kappa shape index (κ3) is 3.60. The summed E-state index contributed by atoms with van der Waals surface area (Å²) in [6.07, 6.45) is 3.38. The molecule has 0 bridgehead atoms. The van der Waals surface area contributed by atoms with E-state index in [1.807, 2.05) is 24.3 Å². The number of Topliss-reactive ketones (excluding diaryl/α,β-unsaturated/α-hetero) is 1. The van der Waals surface area contributed by atoms with Crippen LogP contribution in [0.2, 0.25) is 0 Å². The topological polar surface area (TPSA) is 101 Å². The Labute approximate surface area is 196 Å². The van der Waals surface area contributed by atoms with E-state index in [2.05, 4.69) is 4.98 Å². The summed E-state index contributed by atoms with van der Waals surface area (Å²) in [5.74, 6) is -0.729. The molecule has 2 fully saturated rings. The van der Waals surface area contributed by atoms with Gasteiger partial charge < -0.3 is 29.2 Å². The minimum absolute atomic E-state index is 0.0416. The van der Waals surface area contributed by atoms with Gasteiger partial charge in [0.1, 0.15) is 5.76 Å². The first-order valence-corrected chi connectivity index (χ1v) is 11.2. The molecule has 176 valence electrons. The molecule has 2 aliphatic rings. The van der Waals surface area contributed by atoms with Crippen molar-refractivity contribution in [3.8, 4) is 11.5 Å². The molecule has 8 nitrogen and oxygen atoms in total. The molecule has 0 saturated carbocycles. The van der Waals surface area contributed by atoms with E-state index in [1.165, 1.54) is 19.1 Å². The minimum atomic E-state index is -0.756. The van der Waals surface area contributed by atoms with Gasteiger partial charge in [0.25, 0.3) is 11.7 Å². The summed E-state index contributed by atoms with van der Waals surface area (Å²) in [7, 11) is 3.01. The maximum atomic E-state index is 13.3. The van der Waals surface area contributed by atoms with Crippen LogP contribution in [0.25, 0.3) is 16.7 Å². The Morgan fingerprint density at radius 1 is 1.15 bits per heavy atom. The molecular formula is C26H26N2O6. The summed E-state index contributed by atoms with van der Waals surface area (Å²) in [5, 5.41) is 12.2. The third-order valence-corrected chi connectivity index (χ3v) is 6.54. The number of ketones is 1. The Bertz CT molecular complexity index is 1290. The minimum Gasteiger partial charge on any atom is -0.507 e. The van der Waals surface area contributed by atoms with Crippen molar-refractivity contribution in [2.24, 2.45) is 0 Å². The molecule has 2 atom stereocenters. The molecule has 0 radical (unpaired) electrons. The Morgan fingerprint density at radius 2 is 1.94 bits per heavy atom. The SMILES string of the molecule is COc1ccc(/C(O)=C2\C(=O)C(=O)N(CC3CCCO3)C2c2c[nH]c3ccccc23)cc1OC. The lowest BCUT2D eigenvalue weighted by atomic mass is 9.94. The number of nitrogens with one attached hydrogen (secondary N) is 1. The predicted molar refractivity (Wildman–Crippen MR) is 126 cm³/mol. The average molecular weight is 463 g/mol. The second-order valence-corrected chi connectivity index (χ2v) is 8.45. The van der Waals surface area contributed by atoms with Crippen LogP contribution < -0.4 is 9.47 Å². The summed E-state index contributed by atoms with van der Waals surface area (Å²) in [6.45, 7) is 0.912. The number of aromatic amines is 1.